The maximum absolute atomic E-state index is 6.62. The summed E-state index contributed by atoms with van der Waals surface area (Å²) < 4.78 is 1.38. The Balaban J connectivity index is 1.83. The lowest BCUT2D eigenvalue weighted by Gasteiger charge is -2.35. The fourth-order valence-corrected chi connectivity index (χ4v) is 5.43. The van der Waals surface area contributed by atoms with Gasteiger partial charge in [-0.2, -0.15) is 0 Å². The van der Waals surface area contributed by atoms with Gasteiger partial charge in [-0.1, -0.05) is 36.5 Å². The quantitative estimate of drug-likeness (QED) is 0.736. The fraction of sp³-hybridized carbons (Fsp3) is 0.533. The average Bonchev–Trinajstić information content (AvgIpc) is 3.06. The van der Waals surface area contributed by atoms with E-state index in [4.69, 9.17) is 33.9 Å². The fourth-order valence-electron chi connectivity index (χ4n) is 2.96. The molecule has 0 radical (unpaired) electrons. The first-order valence-corrected chi connectivity index (χ1v) is 9.67. The summed E-state index contributed by atoms with van der Waals surface area (Å²) in [7, 11) is 0. The Morgan fingerprint density at radius 1 is 1.38 bits per heavy atom. The van der Waals surface area contributed by atoms with E-state index in [0.29, 0.717) is 8.67 Å². The van der Waals surface area contributed by atoms with Crippen LogP contribution in [0.25, 0.3) is 11.3 Å². The molecule has 1 saturated carbocycles. The molecule has 1 fully saturated rings. The molecular weight excluding hydrogens is 343 g/mol. The van der Waals surface area contributed by atoms with Crippen LogP contribution in [0, 0.1) is 5.92 Å². The minimum atomic E-state index is -0.263. The van der Waals surface area contributed by atoms with Gasteiger partial charge in [0, 0.05) is 10.9 Å². The molecule has 21 heavy (non-hydrogen) atoms. The molecule has 2 N–H and O–H groups in total. The highest BCUT2D eigenvalue weighted by Crippen LogP contribution is 2.43. The van der Waals surface area contributed by atoms with Gasteiger partial charge in [-0.05, 0) is 37.7 Å². The average molecular weight is 361 g/mol. The van der Waals surface area contributed by atoms with Crippen molar-refractivity contribution in [1.82, 2.24) is 4.98 Å². The summed E-state index contributed by atoms with van der Waals surface area (Å²) in [6, 6.07) is 1.88. The van der Waals surface area contributed by atoms with Gasteiger partial charge < -0.3 is 5.73 Å². The summed E-state index contributed by atoms with van der Waals surface area (Å²) in [5, 5.41) is 3.07. The first-order chi connectivity index (χ1) is 10.0. The van der Waals surface area contributed by atoms with Crippen molar-refractivity contribution in [3.63, 3.8) is 0 Å². The molecule has 0 aliphatic heterocycles. The molecule has 0 unspecified atom stereocenters. The van der Waals surface area contributed by atoms with Crippen LogP contribution >= 0.6 is 45.9 Å². The first-order valence-electron chi connectivity index (χ1n) is 7.22. The van der Waals surface area contributed by atoms with Gasteiger partial charge in [0.2, 0.25) is 0 Å². The zero-order chi connectivity index (χ0) is 15.0. The number of aromatic nitrogens is 1. The second-order valence-corrected chi connectivity index (χ2v) is 8.93. The Labute approximate surface area is 143 Å². The SMILES string of the molecule is CCC1CCC(N)(c2nc(-c3cc(Cl)sc3Cl)cs2)CC1. The van der Waals surface area contributed by atoms with Crippen LogP contribution in [-0.2, 0) is 5.54 Å². The van der Waals surface area contributed by atoms with E-state index in [1.54, 1.807) is 11.3 Å². The molecule has 0 aromatic carbocycles. The number of halogens is 2. The van der Waals surface area contributed by atoms with Crippen molar-refractivity contribution in [1.29, 1.82) is 0 Å². The molecule has 114 valence electrons. The van der Waals surface area contributed by atoms with Crippen LogP contribution < -0.4 is 5.73 Å². The molecule has 2 heterocycles. The van der Waals surface area contributed by atoms with Gasteiger partial charge in [0.1, 0.15) is 9.34 Å². The molecule has 0 bridgehead atoms. The predicted molar refractivity (Wildman–Crippen MR) is 93.6 cm³/mol. The van der Waals surface area contributed by atoms with E-state index in [-0.39, 0.29) is 5.54 Å². The molecule has 2 nitrogen and oxygen atoms in total. The maximum atomic E-state index is 6.62. The Hall–Kier alpha value is -0.130. The number of nitrogens with two attached hydrogens (primary N) is 1. The van der Waals surface area contributed by atoms with Crippen LogP contribution in [0.3, 0.4) is 0 Å². The third-order valence-electron chi connectivity index (χ3n) is 4.44. The van der Waals surface area contributed by atoms with Crippen LogP contribution in [0.2, 0.25) is 8.67 Å². The van der Waals surface area contributed by atoms with Crippen molar-refractivity contribution >= 4 is 45.9 Å². The predicted octanol–water partition coefficient (Wildman–Crippen LogP) is 5.93. The van der Waals surface area contributed by atoms with Crippen LogP contribution in [0.5, 0.6) is 0 Å². The van der Waals surface area contributed by atoms with Gasteiger partial charge in [-0.25, -0.2) is 4.98 Å². The van der Waals surface area contributed by atoms with E-state index in [1.165, 1.54) is 30.6 Å². The van der Waals surface area contributed by atoms with Gasteiger partial charge >= 0.3 is 0 Å². The molecule has 2 aromatic heterocycles. The standard InChI is InChI=1S/C15H18Cl2N2S2/c1-2-9-3-5-15(18,6-4-9)14-19-11(8-20-14)10-7-12(16)21-13(10)17/h7-9H,2-6,18H2,1H3. The van der Waals surface area contributed by atoms with Crippen molar-refractivity contribution in [2.45, 2.75) is 44.6 Å². The van der Waals surface area contributed by atoms with E-state index in [2.05, 4.69) is 6.92 Å². The van der Waals surface area contributed by atoms with Gasteiger partial charge in [-0.3, -0.25) is 0 Å². The van der Waals surface area contributed by atoms with Crippen LogP contribution in [0.1, 0.15) is 44.0 Å². The van der Waals surface area contributed by atoms with E-state index >= 15 is 0 Å². The third-order valence-corrected chi connectivity index (χ3v) is 6.99. The summed E-state index contributed by atoms with van der Waals surface area (Å²) in [5.41, 5.74) is 8.17. The third kappa shape index (κ3) is 3.15. The van der Waals surface area contributed by atoms with Gasteiger partial charge in [-0.15, -0.1) is 22.7 Å². The van der Waals surface area contributed by atoms with E-state index in [9.17, 15) is 0 Å². The molecule has 0 amide bonds. The second-order valence-electron chi connectivity index (χ2n) is 5.78. The summed E-state index contributed by atoms with van der Waals surface area (Å²) >= 11 is 15.2. The smallest absolute Gasteiger partial charge is 0.113 e. The van der Waals surface area contributed by atoms with E-state index in [1.807, 2.05) is 11.4 Å². The molecule has 1 aliphatic rings. The molecule has 0 spiro atoms. The number of rotatable bonds is 3. The summed E-state index contributed by atoms with van der Waals surface area (Å²) in [4.78, 5) is 4.76. The van der Waals surface area contributed by atoms with Crippen molar-refractivity contribution in [3.8, 4) is 11.3 Å². The molecule has 2 aromatic rings. The topological polar surface area (TPSA) is 38.9 Å². The molecule has 6 heteroatoms. The number of nitrogens with zero attached hydrogens (tertiary/aromatic N) is 1. The number of hydrogen-bond acceptors (Lipinski definition) is 4. The van der Waals surface area contributed by atoms with Crippen LogP contribution in [0.15, 0.2) is 11.4 Å². The molecule has 0 saturated heterocycles. The highest BCUT2D eigenvalue weighted by molar-refractivity contribution is 7.20. The Morgan fingerprint density at radius 3 is 2.67 bits per heavy atom. The zero-order valence-electron chi connectivity index (χ0n) is 11.9. The molecule has 3 rings (SSSR count). The number of thiophene rings is 1. The normalized spacial score (nSPS) is 26.2. The monoisotopic (exact) mass is 360 g/mol. The summed E-state index contributed by atoms with van der Waals surface area (Å²) in [5.74, 6) is 0.825. The zero-order valence-corrected chi connectivity index (χ0v) is 15.0. The Bertz CT molecular complexity index is 627. The minimum absolute atomic E-state index is 0.263. The largest absolute Gasteiger partial charge is 0.319 e. The summed E-state index contributed by atoms with van der Waals surface area (Å²) in [6.07, 6.45) is 5.70. The van der Waals surface area contributed by atoms with Crippen molar-refractivity contribution in [2.24, 2.45) is 11.7 Å². The second kappa shape index (κ2) is 6.17. The summed E-state index contributed by atoms with van der Waals surface area (Å²) in [6.45, 7) is 2.26. The number of thiazole rings is 1. The Kier molecular flexibility index (Phi) is 4.63. The van der Waals surface area contributed by atoms with E-state index in [0.717, 1.165) is 35.0 Å². The van der Waals surface area contributed by atoms with Crippen LogP contribution in [0.4, 0.5) is 0 Å². The lowest BCUT2D eigenvalue weighted by Crippen LogP contribution is -2.40. The van der Waals surface area contributed by atoms with Crippen molar-refractivity contribution < 1.29 is 0 Å². The first kappa shape index (κ1) is 15.8. The van der Waals surface area contributed by atoms with Crippen LogP contribution in [-0.4, -0.2) is 4.98 Å². The van der Waals surface area contributed by atoms with Gasteiger partial charge in [0.15, 0.2) is 0 Å². The van der Waals surface area contributed by atoms with E-state index < -0.39 is 0 Å². The van der Waals surface area contributed by atoms with Crippen molar-refractivity contribution in [3.05, 3.63) is 25.1 Å². The lowest BCUT2D eigenvalue weighted by molar-refractivity contribution is 0.231. The number of hydrogen-bond donors (Lipinski definition) is 1. The highest BCUT2D eigenvalue weighted by atomic mass is 35.5. The lowest BCUT2D eigenvalue weighted by atomic mass is 9.76. The van der Waals surface area contributed by atoms with Crippen molar-refractivity contribution in [2.75, 3.05) is 0 Å². The minimum Gasteiger partial charge on any atom is -0.319 e. The van der Waals surface area contributed by atoms with Gasteiger partial charge in [0.05, 0.1) is 15.6 Å². The van der Waals surface area contributed by atoms with Gasteiger partial charge in [0.25, 0.3) is 0 Å². The molecular formula is C15H18Cl2N2S2. The molecule has 0 atom stereocenters. The highest BCUT2D eigenvalue weighted by Gasteiger charge is 2.35. The maximum Gasteiger partial charge on any atom is 0.113 e. The molecule has 1 aliphatic carbocycles. The Morgan fingerprint density at radius 2 is 2.10 bits per heavy atom.